The van der Waals surface area contributed by atoms with E-state index in [2.05, 4.69) is 0 Å². The van der Waals surface area contributed by atoms with E-state index in [9.17, 15) is 9.59 Å². The van der Waals surface area contributed by atoms with Crippen molar-refractivity contribution in [3.05, 3.63) is 47.0 Å². The first-order valence-corrected chi connectivity index (χ1v) is 10.1. The lowest BCUT2D eigenvalue weighted by atomic mass is 9.75. The quantitative estimate of drug-likeness (QED) is 0.395. The number of hydrogen-bond donors (Lipinski definition) is 0. The van der Waals surface area contributed by atoms with Crippen LogP contribution in [0, 0.1) is 0 Å². The minimum atomic E-state index is -1.70. The summed E-state index contributed by atoms with van der Waals surface area (Å²) in [6.45, 7) is 2.34. The Morgan fingerprint density at radius 2 is 1.87 bits per heavy atom. The van der Waals surface area contributed by atoms with Crippen molar-refractivity contribution in [3.63, 3.8) is 0 Å². The molecule has 1 unspecified atom stereocenters. The Balaban J connectivity index is 1.99. The van der Waals surface area contributed by atoms with Crippen LogP contribution in [0.15, 0.2) is 30.3 Å². The topological polar surface area (TPSA) is 83.5 Å². The first kappa shape index (κ1) is 21.0. The fourth-order valence-electron chi connectivity index (χ4n) is 4.32. The van der Waals surface area contributed by atoms with Crippen LogP contribution >= 0.6 is 0 Å². The van der Waals surface area contributed by atoms with Crippen molar-refractivity contribution in [2.75, 3.05) is 41.2 Å². The smallest absolute Gasteiger partial charge is 0.339 e. The van der Waals surface area contributed by atoms with Crippen LogP contribution in [0.25, 0.3) is 0 Å². The fraction of sp³-hybridized carbons (Fsp3) is 0.391. The van der Waals surface area contributed by atoms with Gasteiger partial charge in [0, 0.05) is 6.54 Å². The highest BCUT2D eigenvalue weighted by molar-refractivity contribution is 6.18. The minimum Gasteiger partial charge on any atom is -0.493 e. The van der Waals surface area contributed by atoms with Gasteiger partial charge >= 0.3 is 5.97 Å². The molecule has 0 spiro atoms. The molecule has 2 heterocycles. The third-order valence-corrected chi connectivity index (χ3v) is 5.83. The van der Waals surface area contributed by atoms with Gasteiger partial charge in [0.2, 0.25) is 18.1 Å². The van der Waals surface area contributed by atoms with Gasteiger partial charge in [0.25, 0.3) is 0 Å². The fourth-order valence-corrected chi connectivity index (χ4v) is 4.32. The molecular weight excluding hydrogens is 402 g/mol. The summed E-state index contributed by atoms with van der Waals surface area (Å²) in [5.41, 5.74) is -0.108. The van der Waals surface area contributed by atoms with Gasteiger partial charge < -0.3 is 23.7 Å². The Morgan fingerprint density at radius 1 is 1.13 bits per heavy atom. The van der Waals surface area contributed by atoms with Crippen molar-refractivity contribution >= 4 is 11.8 Å². The molecule has 0 aliphatic carbocycles. The molecule has 0 saturated carbocycles. The molecule has 2 aromatic rings. The van der Waals surface area contributed by atoms with Gasteiger partial charge in [0.15, 0.2) is 23.0 Å². The van der Waals surface area contributed by atoms with Crippen molar-refractivity contribution in [2.24, 2.45) is 0 Å². The number of ketones is 1. The number of benzene rings is 2. The minimum absolute atomic E-state index is 0.0173. The van der Waals surface area contributed by atoms with Crippen LogP contribution in [0.3, 0.4) is 0 Å². The maximum Gasteiger partial charge on any atom is 0.339 e. The molecule has 164 valence electrons. The number of hydrogen-bond acceptors (Lipinski definition) is 8. The van der Waals surface area contributed by atoms with Crippen LogP contribution in [0.4, 0.5) is 0 Å². The lowest BCUT2D eigenvalue weighted by Gasteiger charge is -2.43. The SMILES string of the molecule is CCOC(=O)C1(C(=O)c2cccc3c2OCO3)c2cc(OC)c(OC)cc2CCN1C. The normalized spacial score (nSPS) is 19.5. The van der Waals surface area contributed by atoms with Crippen LogP contribution in [-0.4, -0.2) is 57.9 Å². The average molecular weight is 427 g/mol. The summed E-state index contributed by atoms with van der Waals surface area (Å²) in [6.07, 6.45) is 0.632. The van der Waals surface area contributed by atoms with Crippen molar-refractivity contribution in [1.29, 1.82) is 0 Å². The zero-order chi connectivity index (χ0) is 22.2. The van der Waals surface area contributed by atoms with Crippen molar-refractivity contribution in [3.8, 4) is 23.0 Å². The summed E-state index contributed by atoms with van der Waals surface area (Å²) >= 11 is 0. The summed E-state index contributed by atoms with van der Waals surface area (Å²) in [7, 11) is 4.81. The molecular formula is C23H25NO7. The van der Waals surface area contributed by atoms with E-state index < -0.39 is 17.3 Å². The molecule has 0 bridgehead atoms. The standard InChI is InChI=1S/C23H25NO7/c1-5-29-22(26)23(21(25)15-7-6-8-17-20(15)31-13-30-17)16-12-19(28-4)18(27-3)11-14(16)9-10-24(23)2/h6-8,11-12H,5,9-10,13H2,1-4H3. The average Bonchev–Trinajstić information content (AvgIpc) is 3.27. The van der Waals surface area contributed by atoms with Gasteiger partial charge in [0.1, 0.15) is 0 Å². The van der Waals surface area contributed by atoms with Crippen LogP contribution in [-0.2, 0) is 21.5 Å². The molecule has 4 rings (SSSR count). The van der Waals surface area contributed by atoms with Crippen LogP contribution < -0.4 is 18.9 Å². The van der Waals surface area contributed by atoms with E-state index in [4.69, 9.17) is 23.7 Å². The number of nitrogens with zero attached hydrogens (tertiary/aromatic N) is 1. The number of carbonyl (C=O) groups excluding carboxylic acids is 2. The second-order valence-electron chi connectivity index (χ2n) is 7.34. The molecule has 8 nitrogen and oxygen atoms in total. The first-order chi connectivity index (χ1) is 15.0. The highest BCUT2D eigenvalue weighted by Crippen LogP contribution is 2.46. The Bertz CT molecular complexity index is 1030. The number of ether oxygens (including phenoxy) is 5. The summed E-state index contributed by atoms with van der Waals surface area (Å²) in [6, 6.07) is 8.58. The van der Waals surface area contributed by atoms with Gasteiger partial charge in [-0.1, -0.05) is 6.07 Å². The van der Waals surface area contributed by atoms with Gasteiger partial charge in [-0.2, -0.15) is 0 Å². The van der Waals surface area contributed by atoms with Crippen LogP contribution in [0.5, 0.6) is 23.0 Å². The maximum absolute atomic E-state index is 14.2. The van der Waals surface area contributed by atoms with Crippen molar-refractivity contribution in [2.45, 2.75) is 18.9 Å². The highest BCUT2D eigenvalue weighted by Gasteiger charge is 2.56. The number of carbonyl (C=O) groups is 2. The van der Waals surface area contributed by atoms with E-state index >= 15 is 0 Å². The number of rotatable bonds is 6. The predicted molar refractivity (Wildman–Crippen MR) is 111 cm³/mol. The second-order valence-corrected chi connectivity index (χ2v) is 7.34. The third kappa shape index (κ3) is 3.09. The van der Waals surface area contributed by atoms with E-state index in [0.717, 1.165) is 5.56 Å². The number of methoxy groups -OCH3 is 2. The Hall–Kier alpha value is -3.26. The zero-order valence-electron chi connectivity index (χ0n) is 18.0. The number of fused-ring (bicyclic) bond motifs is 2. The van der Waals surface area contributed by atoms with Gasteiger partial charge in [-0.3, -0.25) is 9.69 Å². The van der Waals surface area contributed by atoms with Crippen molar-refractivity contribution < 1.29 is 33.3 Å². The van der Waals surface area contributed by atoms with Crippen LogP contribution in [0.2, 0.25) is 0 Å². The maximum atomic E-state index is 14.2. The van der Waals surface area contributed by atoms with Gasteiger partial charge in [-0.25, -0.2) is 4.79 Å². The van der Waals surface area contributed by atoms with E-state index in [1.54, 1.807) is 50.2 Å². The zero-order valence-corrected chi connectivity index (χ0v) is 18.0. The Morgan fingerprint density at radius 3 is 2.58 bits per heavy atom. The molecule has 31 heavy (non-hydrogen) atoms. The van der Waals surface area contributed by atoms with E-state index in [1.807, 2.05) is 6.07 Å². The number of esters is 1. The molecule has 0 saturated heterocycles. The Kier molecular flexibility index (Phi) is 5.49. The molecule has 0 N–H and O–H groups in total. The van der Waals surface area contributed by atoms with Gasteiger partial charge in [-0.05, 0) is 55.8 Å². The van der Waals surface area contributed by atoms with E-state index in [-0.39, 0.29) is 19.0 Å². The molecule has 0 fully saturated rings. The first-order valence-electron chi connectivity index (χ1n) is 10.1. The summed E-state index contributed by atoms with van der Waals surface area (Å²) < 4.78 is 27.4. The summed E-state index contributed by atoms with van der Waals surface area (Å²) in [4.78, 5) is 29.4. The lowest BCUT2D eigenvalue weighted by Crippen LogP contribution is -2.59. The number of para-hydroxylation sites is 1. The summed E-state index contributed by atoms with van der Waals surface area (Å²) in [5.74, 6) is 0.674. The molecule has 2 aliphatic heterocycles. The van der Waals surface area contributed by atoms with Gasteiger partial charge in [-0.15, -0.1) is 0 Å². The predicted octanol–water partition coefficient (Wildman–Crippen LogP) is 2.56. The molecule has 0 amide bonds. The lowest BCUT2D eigenvalue weighted by molar-refractivity contribution is -0.155. The van der Waals surface area contributed by atoms with E-state index in [1.165, 1.54) is 7.11 Å². The van der Waals surface area contributed by atoms with Crippen LogP contribution in [0.1, 0.15) is 28.4 Å². The Labute approximate surface area is 180 Å². The second kappa shape index (κ2) is 8.11. The number of likely N-dealkylation sites (N-methyl/N-ethyl adjacent to an activating group) is 1. The molecule has 0 radical (unpaired) electrons. The van der Waals surface area contributed by atoms with Gasteiger partial charge in [0.05, 0.1) is 26.4 Å². The molecule has 2 aromatic carbocycles. The molecule has 8 heteroatoms. The monoisotopic (exact) mass is 427 g/mol. The largest absolute Gasteiger partial charge is 0.493 e. The summed E-state index contributed by atoms with van der Waals surface area (Å²) in [5, 5.41) is 0. The molecule has 0 aromatic heterocycles. The van der Waals surface area contributed by atoms with Crippen molar-refractivity contribution in [1.82, 2.24) is 4.90 Å². The molecule has 1 atom stereocenters. The molecule has 2 aliphatic rings. The highest BCUT2D eigenvalue weighted by atomic mass is 16.7. The van der Waals surface area contributed by atoms with E-state index in [0.29, 0.717) is 41.5 Å². The number of Topliss-reactive ketones (excluding diaryl/α,β-unsaturated/α-hetero) is 1. The third-order valence-electron chi connectivity index (χ3n) is 5.83.